The highest BCUT2D eigenvalue weighted by atomic mass is 32.1. The lowest BCUT2D eigenvalue weighted by Crippen LogP contribution is -2.09. The fourth-order valence-corrected chi connectivity index (χ4v) is 3.34. The van der Waals surface area contributed by atoms with Gasteiger partial charge in [0.2, 0.25) is 0 Å². The number of carbonyl (C=O) groups excluding carboxylic acids is 2. The van der Waals surface area contributed by atoms with E-state index >= 15 is 0 Å². The molecule has 4 nitrogen and oxygen atoms in total. The molecule has 0 bridgehead atoms. The lowest BCUT2D eigenvalue weighted by molar-refractivity contribution is 0.0498. The minimum Gasteiger partial charge on any atom is -0.462 e. The molecule has 0 amide bonds. The summed E-state index contributed by atoms with van der Waals surface area (Å²) in [6.45, 7) is 6.80. The molecular weight excluding hydrogens is 521 g/mol. The molecule has 0 saturated heterocycles. The summed E-state index contributed by atoms with van der Waals surface area (Å²) in [5, 5.41) is 0. The van der Waals surface area contributed by atoms with Crippen molar-refractivity contribution in [3.8, 4) is 0 Å². The molecular formula is C30H40O4S3. The van der Waals surface area contributed by atoms with Crippen molar-refractivity contribution in [3.63, 3.8) is 0 Å². The van der Waals surface area contributed by atoms with Crippen LogP contribution in [0.5, 0.6) is 0 Å². The van der Waals surface area contributed by atoms with E-state index in [9.17, 15) is 9.59 Å². The van der Waals surface area contributed by atoms with Crippen molar-refractivity contribution < 1.29 is 19.1 Å². The zero-order valence-electron chi connectivity index (χ0n) is 21.1. The van der Waals surface area contributed by atoms with E-state index < -0.39 is 5.97 Å². The maximum atomic E-state index is 11.5. The molecule has 0 N–H and O–H groups in total. The molecule has 0 atom stereocenters. The molecule has 37 heavy (non-hydrogen) atoms. The molecule has 3 aromatic rings. The summed E-state index contributed by atoms with van der Waals surface area (Å²) in [6.07, 6.45) is 1.90. The molecule has 0 radical (unpaired) electrons. The number of carbonyl (C=O) groups is 2. The second-order valence-corrected chi connectivity index (χ2v) is 9.02. The first-order valence-corrected chi connectivity index (χ1v) is 13.5. The van der Waals surface area contributed by atoms with Crippen molar-refractivity contribution in [2.75, 3.05) is 19.0 Å². The zero-order chi connectivity index (χ0) is 26.8. The number of hydrogen-bond acceptors (Lipinski definition) is 7. The SMILES string of the molecule is C.CCCOC(=O)c1ccc(C(=O)OCCS)cc1.CCc1ccc(CS)cc1.Cc1cccc(S)c1. The predicted molar refractivity (Wildman–Crippen MR) is 165 cm³/mol. The number of hydrogen-bond donors (Lipinski definition) is 3. The van der Waals surface area contributed by atoms with Crippen molar-refractivity contribution >= 4 is 49.8 Å². The van der Waals surface area contributed by atoms with E-state index in [0.29, 0.717) is 23.5 Å². The fourth-order valence-electron chi connectivity index (χ4n) is 2.75. The molecule has 0 unspecified atom stereocenters. The first-order chi connectivity index (χ1) is 17.3. The highest BCUT2D eigenvalue weighted by Crippen LogP contribution is 2.09. The van der Waals surface area contributed by atoms with Gasteiger partial charge in [-0.2, -0.15) is 25.3 Å². The van der Waals surface area contributed by atoms with Crippen LogP contribution in [0.15, 0.2) is 77.7 Å². The Kier molecular flexibility index (Phi) is 19.4. The monoisotopic (exact) mass is 560 g/mol. The van der Waals surface area contributed by atoms with Gasteiger partial charge in [-0.1, -0.05) is 63.2 Å². The van der Waals surface area contributed by atoms with Crippen LogP contribution in [0.25, 0.3) is 0 Å². The molecule has 3 aromatic carbocycles. The van der Waals surface area contributed by atoms with Gasteiger partial charge in [0.05, 0.1) is 17.7 Å². The van der Waals surface area contributed by atoms with Crippen molar-refractivity contribution in [1.82, 2.24) is 0 Å². The third-order valence-corrected chi connectivity index (χ3v) is 5.56. The number of esters is 2. The lowest BCUT2D eigenvalue weighted by Gasteiger charge is -2.05. The van der Waals surface area contributed by atoms with Gasteiger partial charge in [0.15, 0.2) is 0 Å². The van der Waals surface area contributed by atoms with Crippen LogP contribution in [0.2, 0.25) is 0 Å². The van der Waals surface area contributed by atoms with E-state index in [0.717, 1.165) is 23.5 Å². The molecule has 0 aliphatic carbocycles. The molecule has 0 aromatic heterocycles. The van der Waals surface area contributed by atoms with E-state index in [1.807, 2.05) is 25.1 Å². The molecule has 0 fully saturated rings. The maximum Gasteiger partial charge on any atom is 0.338 e. The predicted octanol–water partition coefficient (Wildman–Crippen LogP) is 7.94. The van der Waals surface area contributed by atoms with E-state index in [4.69, 9.17) is 9.47 Å². The highest BCUT2D eigenvalue weighted by Gasteiger charge is 2.10. The van der Waals surface area contributed by atoms with Crippen molar-refractivity contribution in [2.24, 2.45) is 0 Å². The minimum atomic E-state index is -0.419. The Labute approximate surface area is 239 Å². The first-order valence-electron chi connectivity index (χ1n) is 11.8. The zero-order valence-corrected chi connectivity index (χ0v) is 23.8. The van der Waals surface area contributed by atoms with Gasteiger partial charge >= 0.3 is 11.9 Å². The van der Waals surface area contributed by atoms with E-state index in [2.05, 4.69) is 82.1 Å². The Morgan fingerprint density at radius 2 is 1.27 bits per heavy atom. The molecule has 0 aliphatic heterocycles. The number of rotatable bonds is 8. The van der Waals surface area contributed by atoms with Gasteiger partial charge in [-0.15, -0.1) is 12.6 Å². The molecule has 7 heteroatoms. The van der Waals surface area contributed by atoms with Crippen LogP contribution in [0, 0.1) is 6.92 Å². The van der Waals surface area contributed by atoms with Crippen LogP contribution in [-0.2, 0) is 21.6 Å². The van der Waals surface area contributed by atoms with Gasteiger partial charge in [0, 0.05) is 16.4 Å². The topological polar surface area (TPSA) is 52.6 Å². The summed E-state index contributed by atoms with van der Waals surface area (Å²) in [5.41, 5.74) is 4.78. The Morgan fingerprint density at radius 3 is 1.65 bits per heavy atom. The smallest absolute Gasteiger partial charge is 0.338 e. The molecule has 0 aliphatic rings. The van der Waals surface area contributed by atoms with Crippen molar-refractivity contribution in [2.45, 2.75) is 51.7 Å². The number of aryl methyl sites for hydroxylation is 2. The molecule has 3 rings (SSSR count). The third-order valence-electron chi connectivity index (χ3n) is 4.73. The van der Waals surface area contributed by atoms with Gasteiger partial charge in [-0.3, -0.25) is 0 Å². The quantitative estimate of drug-likeness (QED) is 0.193. The first kappa shape index (κ1) is 34.6. The lowest BCUT2D eigenvalue weighted by atomic mass is 10.1. The summed E-state index contributed by atoms with van der Waals surface area (Å²) in [7, 11) is 0. The average molecular weight is 561 g/mol. The molecule has 0 spiro atoms. The van der Waals surface area contributed by atoms with E-state index in [1.54, 1.807) is 24.3 Å². The highest BCUT2D eigenvalue weighted by molar-refractivity contribution is 7.80. The summed E-state index contributed by atoms with van der Waals surface area (Å²) in [5.74, 6) is 0.515. The second kappa shape index (κ2) is 20.7. The van der Waals surface area contributed by atoms with Gasteiger partial charge < -0.3 is 9.47 Å². The van der Waals surface area contributed by atoms with E-state index in [1.165, 1.54) is 16.7 Å². The Bertz CT molecular complexity index is 956. The largest absolute Gasteiger partial charge is 0.462 e. The summed E-state index contributed by atoms with van der Waals surface area (Å²) in [6, 6.07) is 22.8. The number of ether oxygens (including phenoxy) is 2. The molecule has 0 heterocycles. The summed E-state index contributed by atoms with van der Waals surface area (Å²) in [4.78, 5) is 24.0. The maximum absolute atomic E-state index is 11.5. The van der Waals surface area contributed by atoms with E-state index in [-0.39, 0.29) is 20.0 Å². The standard InChI is InChI=1S/C13H16O4S.C9H12S.C7H8S.CH4/c1-2-7-16-12(14)10-3-5-11(6-4-10)13(15)17-8-9-18;1-2-8-3-5-9(7-10)6-4-8;1-6-3-2-4-7(8)5-6;/h3-6,18H,2,7-9H2,1H3;3-6,10H,2,7H2,1H3;2-5,8H,1H3;1H4. The van der Waals surface area contributed by atoms with Crippen LogP contribution < -0.4 is 0 Å². The normalized spacial score (nSPS) is 9.46. The minimum absolute atomic E-state index is 0. The second-order valence-electron chi connectivity index (χ2n) is 7.74. The van der Waals surface area contributed by atoms with Gasteiger partial charge in [-0.25, -0.2) is 9.59 Å². The van der Waals surface area contributed by atoms with Gasteiger partial charge in [-0.05, 0) is 67.3 Å². The van der Waals surface area contributed by atoms with Gasteiger partial charge in [0.1, 0.15) is 6.61 Å². The van der Waals surface area contributed by atoms with Crippen molar-refractivity contribution in [3.05, 3.63) is 101 Å². The van der Waals surface area contributed by atoms with Crippen LogP contribution >= 0.6 is 37.9 Å². The molecule has 202 valence electrons. The van der Waals surface area contributed by atoms with Gasteiger partial charge in [0.25, 0.3) is 0 Å². The average Bonchev–Trinajstić information content (AvgIpc) is 2.91. The summed E-state index contributed by atoms with van der Waals surface area (Å²) < 4.78 is 9.89. The Hall–Kier alpha value is -2.35. The fraction of sp³-hybridized carbons (Fsp3) is 0.333. The van der Waals surface area contributed by atoms with Crippen LogP contribution in [0.4, 0.5) is 0 Å². The Balaban J connectivity index is 0.000000574. The summed E-state index contributed by atoms with van der Waals surface area (Å²) >= 11 is 12.3. The van der Waals surface area contributed by atoms with Crippen LogP contribution in [-0.4, -0.2) is 30.9 Å². The van der Waals surface area contributed by atoms with Crippen molar-refractivity contribution in [1.29, 1.82) is 0 Å². The number of thiol groups is 3. The van der Waals surface area contributed by atoms with Crippen LogP contribution in [0.1, 0.15) is 65.1 Å². The number of benzene rings is 3. The third kappa shape index (κ3) is 14.8. The molecule has 0 saturated carbocycles. The Morgan fingerprint density at radius 1 is 0.757 bits per heavy atom. The van der Waals surface area contributed by atoms with Crippen LogP contribution in [0.3, 0.4) is 0 Å².